The largest absolute Gasteiger partial charge is 0.323 e. The molecule has 3 nitrogen and oxygen atoms in total. The van der Waals surface area contributed by atoms with Crippen LogP contribution in [0.15, 0.2) is 23.3 Å². The molecule has 66 valence electrons. The van der Waals surface area contributed by atoms with Gasteiger partial charge in [0.25, 0.3) is 0 Å². The lowest BCUT2D eigenvalue weighted by molar-refractivity contribution is 1.26. The maximum atomic E-state index is 5.83. The summed E-state index contributed by atoms with van der Waals surface area (Å²) in [6.45, 7) is 0. The van der Waals surface area contributed by atoms with E-state index >= 15 is 0 Å². The standard InChI is InChI=1S/C8H6ClN3S/c9-5-1-2-6-7(3-5)13-8(12-6)4-11-10/h1-4H,10H2. The maximum Gasteiger partial charge on any atom is 0.137 e. The zero-order chi connectivity index (χ0) is 9.26. The average Bonchev–Trinajstić information content (AvgIpc) is 2.46. The second kappa shape index (κ2) is 3.32. The van der Waals surface area contributed by atoms with Gasteiger partial charge in [0, 0.05) is 5.02 Å². The first-order chi connectivity index (χ1) is 6.29. The highest BCUT2D eigenvalue weighted by atomic mass is 35.5. The molecule has 5 heteroatoms. The number of benzene rings is 1. The molecule has 2 N–H and O–H groups in total. The number of fused-ring (bicyclic) bond motifs is 1. The molecular formula is C8H6ClN3S. The third-order valence-corrected chi connectivity index (χ3v) is 2.74. The molecule has 0 amide bonds. The summed E-state index contributed by atoms with van der Waals surface area (Å²) >= 11 is 7.34. The van der Waals surface area contributed by atoms with Crippen LogP contribution in [0, 0.1) is 0 Å². The second-order valence-corrected chi connectivity index (χ2v) is 3.94. The van der Waals surface area contributed by atoms with Crippen molar-refractivity contribution in [2.75, 3.05) is 0 Å². The molecule has 0 atom stereocenters. The third-order valence-electron chi connectivity index (χ3n) is 1.55. The molecule has 0 bridgehead atoms. The fraction of sp³-hybridized carbons (Fsp3) is 0. The van der Waals surface area contributed by atoms with Gasteiger partial charge in [0.15, 0.2) is 0 Å². The van der Waals surface area contributed by atoms with Crippen LogP contribution in [0.4, 0.5) is 0 Å². The molecular weight excluding hydrogens is 206 g/mol. The third kappa shape index (κ3) is 1.64. The molecule has 13 heavy (non-hydrogen) atoms. The summed E-state index contributed by atoms with van der Waals surface area (Å²) in [6.07, 6.45) is 1.53. The highest BCUT2D eigenvalue weighted by molar-refractivity contribution is 7.20. The normalized spacial score (nSPS) is 11.5. The summed E-state index contributed by atoms with van der Waals surface area (Å²) in [7, 11) is 0. The van der Waals surface area contributed by atoms with E-state index in [9.17, 15) is 0 Å². The summed E-state index contributed by atoms with van der Waals surface area (Å²) in [4.78, 5) is 4.27. The first-order valence-corrected chi connectivity index (χ1v) is 4.78. The molecule has 1 aromatic carbocycles. The van der Waals surface area contributed by atoms with Crippen LogP contribution in [-0.2, 0) is 0 Å². The Morgan fingerprint density at radius 1 is 1.54 bits per heavy atom. The van der Waals surface area contributed by atoms with Crippen molar-refractivity contribution in [3.8, 4) is 0 Å². The molecule has 0 radical (unpaired) electrons. The topological polar surface area (TPSA) is 51.3 Å². The van der Waals surface area contributed by atoms with Gasteiger partial charge in [-0.15, -0.1) is 11.3 Å². The van der Waals surface area contributed by atoms with Crippen LogP contribution in [0.3, 0.4) is 0 Å². The van der Waals surface area contributed by atoms with Crippen molar-refractivity contribution in [2.45, 2.75) is 0 Å². The van der Waals surface area contributed by atoms with Gasteiger partial charge in [0.2, 0.25) is 0 Å². The highest BCUT2D eigenvalue weighted by Crippen LogP contribution is 2.24. The van der Waals surface area contributed by atoms with Gasteiger partial charge in [-0.1, -0.05) is 11.6 Å². The Bertz CT molecular complexity index is 463. The van der Waals surface area contributed by atoms with Crippen LogP contribution in [0.1, 0.15) is 5.01 Å². The monoisotopic (exact) mass is 211 g/mol. The Morgan fingerprint density at radius 3 is 3.15 bits per heavy atom. The van der Waals surface area contributed by atoms with Gasteiger partial charge in [0.05, 0.1) is 16.4 Å². The number of nitrogens with two attached hydrogens (primary N) is 1. The van der Waals surface area contributed by atoms with Crippen LogP contribution >= 0.6 is 22.9 Å². The summed E-state index contributed by atoms with van der Waals surface area (Å²) in [5, 5.41) is 4.92. The number of aromatic nitrogens is 1. The first-order valence-electron chi connectivity index (χ1n) is 3.59. The molecule has 0 saturated carbocycles. The molecule has 2 aromatic rings. The predicted molar refractivity (Wildman–Crippen MR) is 56.4 cm³/mol. The fourth-order valence-corrected chi connectivity index (χ4v) is 2.16. The number of hydrogen-bond acceptors (Lipinski definition) is 4. The van der Waals surface area contributed by atoms with Crippen LogP contribution in [0.2, 0.25) is 5.02 Å². The molecule has 0 aliphatic carbocycles. The highest BCUT2D eigenvalue weighted by Gasteiger charge is 2.01. The van der Waals surface area contributed by atoms with E-state index in [2.05, 4.69) is 10.1 Å². The van der Waals surface area contributed by atoms with Crippen molar-refractivity contribution >= 4 is 39.4 Å². The van der Waals surface area contributed by atoms with Crippen LogP contribution in [0.5, 0.6) is 0 Å². The van der Waals surface area contributed by atoms with E-state index < -0.39 is 0 Å². The lowest BCUT2D eigenvalue weighted by Crippen LogP contribution is -1.83. The number of nitrogens with zero attached hydrogens (tertiary/aromatic N) is 2. The summed E-state index contributed by atoms with van der Waals surface area (Å²) in [5.41, 5.74) is 0.921. The summed E-state index contributed by atoms with van der Waals surface area (Å²) in [6, 6.07) is 5.57. The lowest BCUT2D eigenvalue weighted by Gasteiger charge is -1.86. The lowest BCUT2D eigenvalue weighted by atomic mass is 10.3. The van der Waals surface area contributed by atoms with Crippen LogP contribution in [0.25, 0.3) is 10.2 Å². The quantitative estimate of drug-likeness (QED) is 0.447. The smallest absolute Gasteiger partial charge is 0.137 e. The number of hydrazone groups is 1. The first kappa shape index (κ1) is 8.47. The van der Waals surface area contributed by atoms with Crippen molar-refractivity contribution < 1.29 is 0 Å². The number of halogens is 1. The molecule has 2 rings (SSSR count). The van der Waals surface area contributed by atoms with Gasteiger partial charge in [0.1, 0.15) is 5.01 Å². The molecule has 1 aromatic heterocycles. The van der Waals surface area contributed by atoms with Gasteiger partial charge in [-0.05, 0) is 18.2 Å². The molecule has 0 unspecified atom stereocenters. The van der Waals surface area contributed by atoms with Crippen molar-refractivity contribution in [1.82, 2.24) is 4.98 Å². The van der Waals surface area contributed by atoms with E-state index in [1.54, 1.807) is 0 Å². The zero-order valence-electron chi connectivity index (χ0n) is 6.57. The zero-order valence-corrected chi connectivity index (χ0v) is 8.14. The summed E-state index contributed by atoms with van der Waals surface area (Å²) in [5.74, 6) is 5.02. The molecule has 0 fully saturated rings. The number of thiazole rings is 1. The predicted octanol–water partition coefficient (Wildman–Crippen LogP) is 2.24. The van der Waals surface area contributed by atoms with E-state index in [1.807, 2.05) is 18.2 Å². The van der Waals surface area contributed by atoms with Gasteiger partial charge < -0.3 is 5.84 Å². The van der Waals surface area contributed by atoms with E-state index in [4.69, 9.17) is 17.4 Å². The average molecular weight is 212 g/mol. The second-order valence-electron chi connectivity index (χ2n) is 2.44. The Balaban J connectivity index is 2.62. The Labute approximate surface area is 83.8 Å². The van der Waals surface area contributed by atoms with E-state index in [-0.39, 0.29) is 0 Å². The molecule has 1 heterocycles. The minimum absolute atomic E-state index is 0.715. The Morgan fingerprint density at radius 2 is 2.38 bits per heavy atom. The van der Waals surface area contributed by atoms with Crippen LogP contribution < -0.4 is 5.84 Å². The molecule has 0 spiro atoms. The Kier molecular flexibility index (Phi) is 2.16. The van der Waals surface area contributed by atoms with Crippen LogP contribution in [-0.4, -0.2) is 11.2 Å². The minimum Gasteiger partial charge on any atom is -0.323 e. The van der Waals surface area contributed by atoms with Crippen molar-refractivity contribution in [2.24, 2.45) is 10.9 Å². The summed E-state index contributed by atoms with van der Waals surface area (Å²) < 4.78 is 1.04. The van der Waals surface area contributed by atoms with E-state index in [1.165, 1.54) is 17.6 Å². The number of hydrogen-bond donors (Lipinski definition) is 1. The SMILES string of the molecule is NN=Cc1nc2ccc(Cl)cc2s1. The van der Waals surface area contributed by atoms with Gasteiger partial charge in [-0.2, -0.15) is 5.10 Å². The Hall–Kier alpha value is -1.13. The maximum absolute atomic E-state index is 5.83. The molecule has 0 aliphatic rings. The molecule has 0 aliphatic heterocycles. The van der Waals surface area contributed by atoms with Gasteiger partial charge >= 0.3 is 0 Å². The minimum atomic E-state index is 0.715. The van der Waals surface area contributed by atoms with Gasteiger partial charge in [-0.25, -0.2) is 4.98 Å². The number of rotatable bonds is 1. The van der Waals surface area contributed by atoms with Crippen molar-refractivity contribution in [3.05, 3.63) is 28.2 Å². The fourth-order valence-electron chi connectivity index (χ4n) is 1.04. The van der Waals surface area contributed by atoms with E-state index in [0.29, 0.717) is 5.02 Å². The van der Waals surface area contributed by atoms with Crippen molar-refractivity contribution in [3.63, 3.8) is 0 Å². The van der Waals surface area contributed by atoms with Gasteiger partial charge in [-0.3, -0.25) is 0 Å². The van der Waals surface area contributed by atoms with Crippen molar-refractivity contribution in [1.29, 1.82) is 0 Å². The van der Waals surface area contributed by atoms with E-state index in [0.717, 1.165) is 15.2 Å². The molecule has 0 saturated heterocycles.